The van der Waals surface area contributed by atoms with Crippen LogP contribution in [0.1, 0.15) is 11.7 Å². The molecule has 0 aliphatic rings. The molecule has 0 aliphatic carbocycles. The van der Waals surface area contributed by atoms with Crippen molar-refractivity contribution in [3.8, 4) is 0 Å². The van der Waals surface area contributed by atoms with Crippen molar-refractivity contribution in [2.45, 2.75) is 12.0 Å². The van der Waals surface area contributed by atoms with Gasteiger partial charge in [-0.1, -0.05) is 28.1 Å². The Morgan fingerprint density at radius 1 is 1.50 bits per heavy atom. The van der Waals surface area contributed by atoms with Crippen molar-refractivity contribution < 1.29 is 13.9 Å². The predicted octanol–water partition coefficient (Wildman–Crippen LogP) is 2.08. The lowest BCUT2D eigenvalue weighted by Gasteiger charge is -2.21. The van der Waals surface area contributed by atoms with Crippen LogP contribution in [0.2, 0.25) is 0 Å². The van der Waals surface area contributed by atoms with Crippen LogP contribution in [-0.4, -0.2) is 17.6 Å². The van der Waals surface area contributed by atoms with Gasteiger partial charge in [0.2, 0.25) is 0 Å². The molecule has 1 aromatic rings. The molecule has 1 aromatic carbocycles. The van der Waals surface area contributed by atoms with Crippen molar-refractivity contribution >= 4 is 15.9 Å². The highest BCUT2D eigenvalue weighted by molar-refractivity contribution is 9.10. The number of benzene rings is 1. The van der Waals surface area contributed by atoms with Crippen molar-refractivity contribution in [2.24, 2.45) is 5.73 Å². The maximum Gasteiger partial charge on any atom is 0.289 e. The molecule has 0 saturated carbocycles. The number of rotatable bonds is 3. The van der Waals surface area contributed by atoms with E-state index in [2.05, 4.69) is 15.9 Å². The molecule has 3 N–H and O–H groups in total. The number of hydrogen-bond acceptors (Lipinski definition) is 2. The first-order valence-corrected chi connectivity index (χ1v) is 4.78. The normalized spacial score (nSPS) is 14.1. The van der Waals surface area contributed by atoms with E-state index in [1.807, 2.05) is 0 Å². The van der Waals surface area contributed by atoms with E-state index in [1.54, 1.807) is 12.1 Å². The highest BCUT2D eigenvalue weighted by atomic mass is 79.9. The minimum absolute atomic E-state index is 0.148. The predicted molar refractivity (Wildman–Crippen MR) is 53.1 cm³/mol. The first-order valence-electron chi connectivity index (χ1n) is 3.99. The van der Waals surface area contributed by atoms with Gasteiger partial charge in [-0.25, -0.2) is 8.78 Å². The molecule has 0 spiro atoms. The average molecular weight is 266 g/mol. The van der Waals surface area contributed by atoms with Gasteiger partial charge >= 0.3 is 0 Å². The van der Waals surface area contributed by atoms with E-state index in [4.69, 9.17) is 5.73 Å². The summed E-state index contributed by atoms with van der Waals surface area (Å²) in [6, 6.07) is 6.14. The van der Waals surface area contributed by atoms with E-state index in [1.165, 1.54) is 12.1 Å². The Bertz CT molecular complexity index is 319. The van der Waals surface area contributed by atoms with Crippen molar-refractivity contribution in [1.82, 2.24) is 0 Å². The summed E-state index contributed by atoms with van der Waals surface area (Å²) in [5, 5.41) is 9.32. The van der Waals surface area contributed by atoms with E-state index in [0.717, 1.165) is 0 Å². The zero-order chi connectivity index (χ0) is 10.8. The van der Waals surface area contributed by atoms with E-state index in [-0.39, 0.29) is 5.56 Å². The molecule has 0 fully saturated rings. The Balaban J connectivity index is 2.94. The van der Waals surface area contributed by atoms with Gasteiger partial charge in [0.05, 0.1) is 6.54 Å². The Hall–Kier alpha value is -0.520. The third-order valence-electron chi connectivity index (χ3n) is 1.84. The first-order chi connectivity index (χ1) is 6.47. The zero-order valence-corrected chi connectivity index (χ0v) is 8.84. The van der Waals surface area contributed by atoms with Gasteiger partial charge in [0.15, 0.2) is 0 Å². The number of aliphatic hydroxyl groups excluding tert-OH is 1. The molecule has 1 unspecified atom stereocenters. The first kappa shape index (κ1) is 11.6. The fourth-order valence-corrected chi connectivity index (χ4v) is 1.45. The van der Waals surface area contributed by atoms with Crippen LogP contribution in [0.5, 0.6) is 0 Å². The quantitative estimate of drug-likeness (QED) is 0.879. The van der Waals surface area contributed by atoms with Crippen LogP contribution in [0.25, 0.3) is 0 Å². The van der Waals surface area contributed by atoms with Crippen LogP contribution in [0.4, 0.5) is 8.78 Å². The summed E-state index contributed by atoms with van der Waals surface area (Å²) in [5.41, 5.74) is 5.01. The van der Waals surface area contributed by atoms with E-state index < -0.39 is 18.6 Å². The second-order valence-electron chi connectivity index (χ2n) is 2.92. The van der Waals surface area contributed by atoms with Gasteiger partial charge < -0.3 is 10.8 Å². The van der Waals surface area contributed by atoms with Crippen LogP contribution in [0.3, 0.4) is 0 Å². The molecule has 0 saturated heterocycles. The molecule has 78 valence electrons. The SMILES string of the molecule is NCC(F)(F)C(O)c1cccc(Br)c1. The summed E-state index contributed by atoms with van der Waals surface area (Å²) < 4.78 is 26.6. The highest BCUT2D eigenvalue weighted by Gasteiger charge is 2.37. The number of hydrogen-bond donors (Lipinski definition) is 2. The topological polar surface area (TPSA) is 46.2 Å². The summed E-state index contributed by atoms with van der Waals surface area (Å²) in [6.07, 6.45) is -1.86. The molecule has 0 aromatic heterocycles. The minimum Gasteiger partial charge on any atom is -0.382 e. The van der Waals surface area contributed by atoms with E-state index >= 15 is 0 Å². The molecule has 0 bridgehead atoms. The molecule has 1 atom stereocenters. The lowest BCUT2D eigenvalue weighted by Crippen LogP contribution is -2.34. The smallest absolute Gasteiger partial charge is 0.289 e. The van der Waals surface area contributed by atoms with Crippen LogP contribution >= 0.6 is 15.9 Å². The van der Waals surface area contributed by atoms with Crippen LogP contribution in [-0.2, 0) is 0 Å². The maximum absolute atomic E-state index is 13.0. The van der Waals surface area contributed by atoms with Crippen LogP contribution < -0.4 is 5.73 Å². The largest absolute Gasteiger partial charge is 0.382 e. The summed E-state index contributed by atoms with van der Waals surface area (Å²) in [7, 11) is 0. The maximum atomic E-state index is 13.0. The molecular weight excluding hydrogens is 256 g/mol. The van der Waals surface area contributed by atoms with Crippen LogP contribution in [0, 0.1) is 0 Å². The van der Waals surface area contributed by atoms with Crippen LogP contribution in [0.15, 0.2) is 28.7 Å². The number of halogens is 3. The third-order valence-corrected chi connectivity index (χ3v) is 2.33. The lowest BCUT2D eigenvalue weighted by atomic mass is 10.0. The lowest BCUT2D eigenvalue weighted by molar-refractivity contribution is -0.102. The molecule has 5 heteroatoms. The number of nitrogens with two attached hydrogens (primary N) is 1. The molecule has 2 nitrogen and oxygen atoms in total. The van der Waals surface area contributed by atoms with Gasteiger partial charge in [-0.3, -0.25) is 0 Å². The molecule has 14 heavy (non-hydrogen) atoms. The molecule has 0 radical (unpaired) electrons. The van der Waals surface area contributed by atoms with Gasteiger partial charge in [0.1, 0.15) is 6.10 Å². The molecule has 0 heterocycles. The summed E-state index contributed by atoms with van der Waals surface area (Å²) in [5.74, 6) is -3.29. The zero-order valence-electron chi connectivity index (χ0n) is 7.25. The van der Waals surface area contributed by atoms with E-state index in [9.17, 15) is 13.9 Å². The number of alkyl halides is 2. The molecular formula is C9H10BrF2NO. The summed E-state index contributed by atoms with van der Waals surface area (Å²) in [6.45, 7) is -0.874. The van der Waals surface area contributed by atoms with Gasteiger partial charge in [0.25, 0.3) is 5.92 Å². The highest BCUT2D eigenvalue weighted by Crippen LogP contribution is 2.31. The Morgan fingerprint density at radius 3 is 2.64 bits per heavy atom. The van der Waals surface area contributed by atoms with Gasteiger partial charge in [-0.05, 0) is 17.7 Å². The second kappa shape index (κ2) is 4.33. The Labute approximate surface area is 88.9 Å². The fourth-order valence-electron chi connectivity index (χ4n) is 1.03. The molecule has 0 aliphatic heterocycles. The Kier molecular flexibility index (Phi) is 3.58. The van der Waals surface area contributed by atoms with Gasteiger partial charge in [-0.2, -0.15) is 0 Å². The fraction of sp³-hybridized carbons (Fsp3) is 0.333. The van der Waals surface area contributed by atoms with Crippen molar-refractivity contribution in [1.29, 1.82) is 0 Å². The summed E-state index contributed by atoms with van der Waals surface area (Å²) in [4.78, 5) is 0. The average Bonchev–Trinajstić information content (AvgIpc) is 2.16. The standard InChI is InChI=1S/C9H10BrF2NO/c10-7-3-1-2-6(4-7)8(14)9(11,12)5-13/h1-4,8,14H,5,13H2. The van der Waals surface area contributed by atoms with E-state index in [0.29, 0.717) is 4.47 Å². The van der Waals surface area contributed by atoms with Crippen molar-refractivity contribution in [3.05, 3.63) is 34.3 Å². The monoisotopic (exact) mass is 265 g/mol. The second-order valence-corrected chi connectivity index (χ2v) is 3.84. The van der Waals surface area contributed by atoms with Crippen molar-refractivity contribution in [3.63, 3.8) is 0 Å². The Morgan fingerprint density at radius 2 is 2.14 bits per heavy atom. The number of aliphatic hydroxyl groups is 1. The summed E-state index contributed by atoms with van der Waals surface area (Å²) >= 11 is 3.13. The van der Waals surface area contributed by atoms with Gasteiger partial charge in [0, 0.05) is 4.47 Å². The van der Waals surface area contributed by atoms with Crippen molar-refractivity contribution in [2.75, 3.05) is 6.54 Å². The van der Waals surface area contributed by atoms with Gasteiger partial charge in [-0.15, -0.1) is 0 Å². The molecule has 1 rings (SSSR count). The third kappa shape index (κ3) is 2.50. The minimum atomic E-state index is -3.29. The molecule has 0 amide bonds.